The topological polar surface area (TPSA) is 42.4 Å². The number of piperidine rings is 3. The van der Waals surface area contributed by atoms with Crippen LogP contribution in [-0.4, -0.2) is 40.8 Å². The highest BCUT2D eigenvalue weighted by Crippen LogP contribution is 2.49. The molecule has 0 aliphatic carbocycles. The van der Waals surface area contributed by atoms with E-state index in [0.29, 0.717) is 11.8 Å². The summed E-state index contributed by atoms with van der Waals surface area (Å²) in [6.45, 7) is 7.21. The number of aliphatic hydroxyl groups excluding tert-OH is 1. The summed E-state index contributed by atoms with van der Waals surface area (Å²) in [5, 5.41) is 18.4. The van der Waals surface area contributed by atoms with Gasteiger partial charge in [0.25, 0.3) is 0 Å². The molecule has 2 bridgehead atoms. The van der Waals surface area contributed by atoms with Gasteiger partial charge in [0.05, 0.1) is 25.7 Å². The van der Waals surface area contributed by atoms with Gasteiger partial charge in [-0.3, -0.25) is 4.98 Å². The molecule has 5 atom stereocenters. The minimum absolute atomic E-state index is 0.0921. The summed E-state index contributed by atoms with van der Waals surface area (Å²) in [6, 6.07) is 27.9. The van der Waals surface area contributed by atoms with E-state index in [0.717, 1.165) is 52.8 Å². The monoisotopic (exact) mass is 515 g/mol. The molecule has 4 unspecified atom stereocenters. The zero-order valence-electron chi connectivity index (χ0n) is 22.5. The van der Waals surface area contributed by atoms with Gasteiger partial charge in [-0.15, -0.1) is 6.58 Å². The van der Waals surface area contributed by atoms with Crippen LogP contribution in [-0.2, 0) is 6.54 Å². The maximum atomic E-state index is 12.2. The van der Waals surface area contributed by atoms with Gasteiger partial charge in [0.2, 0.25) is 0 Å². The van der Waals surface area contributed by atoms with E-state index in [9.17, 15) is 5.11 Å². The van der Waals surface area contributed by atoms with Crippen molar-refractivity contribution < 1.29 is 14.3 Å². The van der Waals surface area contributed by atoms with Crippen molar-refractivity contribution in [2.75, 3.05) is 20.2 Å². The average Bonchev–Trinajstić information content (AvgIpc) is 3.00. The number of fused-ring (bicyclic) bond motifs is 6. The second kappa shape index (κ2) is 9.48. The number of aromatic nitrogens is 1. The lowest BCUT2D eigenvalue weighted by Crippen LogP contribution is -2.67. The molecule has 3 aliphatic heterocycles. The Hall–Kier alpha value is -3.73. The number of benzene rings is 4. The van der Waals surface area contributed by atoms with Gasteiger partial charge < -0.3 is 14.3 Å². The molecule has 8 rings (SSSR count). The molecule has 0 amide bonds. The molecule has 4 nitrogen and oxygen atoms in total. The fraction of sp³-hybridized carbons (Fsp3) is 0.286. The van der Waals surface area contributed by atoms with Gasteiger partial charge in [-0.1, -0.05) is 54.6 Å². The van der Waals surface area contributed by atoms with Crippen molar-refractivity contribution in [2.45, 2.75) is 31.5 Å². The number of methoxy groups -OCH3 is 1. The number of aliphatic hydroxyl groups is 1. The quantitative estimate of drug-likeness (QED) is 0.148. The first-order valence-electron chi connectivity index (χ1n) is 14.1. The van der Waals surface area contributed by atoms with Crippen LogP contribution in [0, 0.1) is 11.8 Å². The Kier molecular flexibility index (Phi) is 5.91. The molecule has 39 heavy (non-hydrogen) atoms. The summed E-state index contributed by atoms with van der Waals surface area (Å²) in [7, 11) is 1.68. The van der Waals surface area contributed by atoms with Gasteiger partial charge in [-0.25, -0.2) is 0 Å². The first-order chi connectivity index (χ1) is 19.1. The molecule has 0 spiro atoms. The van der Waals surface area contributed by atoms with Crippen LogP contribution >= 0.6 is 0 Å². The minimum atomic E-state index is -0.600. The van der Waals surface area contributed by atoms with Crippen LogP contribution < -0.4 is 4.74 Å². The summed E-state index contributed by atoms with van der Waals surface area (Å²) in [5.74, 6) is 1.82. The third-order valence-electron chi connectivity index (χ3n) is 9.70. The normalized spacial score (nSPS) is 25.2. The Balaban J connectivity index is 1.39. The Labute approximate surface area is 229 Å². The zero-order valence-corrected chi connectivity index (χ0v) is 22.5. The highest BCUT2D eigenvalue weighted by atomic mass is 16.5. The fourth-order valence-electron chi connectivity index (χ4n) is 7.71. The Morgan fingerprint density at radius 2 is 1.74 bits per heavy atom. The van der Waals surface area contributed by atoms with E-state index in [4.69, 9.17) is 4.74 Å². The number of pyridine rings is 1. The molecular formula is C35H35N2O2+. The molecular weight excluding hydrogens is 480 g/mol. The van der Waals surface area contributed by atoms with Gasteiger partial charge in [-0.05, 0) is 63.4 Å². The van der Waals surface area contributed by atoms with Crippen molar-refractivity contribution in [3.63, 3.8) is 0 Å². The summed E-state index contributed by atoms with van der Waals surface area (Å²) in [4.78, 5) is 4.59. The number of quaternary nitrogens is 1. The highest BCUT2D eigenvalue weighted by molar-refractivity contribution is 6.02. The van der Waals surface area contributed by atoms with Crippen molar-refractivity contribution >= 4 is 32.4 Å². The Morgan fingerprint density at radius 3 is 2.46 bits per heavy atom. The lowest BCUT2D eigenvalue weighted by atomic mass is 9.71. The van der Waals surface area contributed by atoms with E-state index in [2.05, 4.69) is 72.2 Å². The van der Waals surface area contributed by atoms with Gasteiger partial charge in [0.1, 0.15) is 24.4 Å². The van der Waals surface area contributed by atoms with E-state index in [1.54, 1.807) is 7.11 Å². The van der Waals surface area contributed by atoms with Crippen LogP contribution in [0.3, 0.4) is 0 Å². The molecule has 0 radical (unpaired) electrons. The third kappa shape index (κ3) is 3.93. The van der Waals surface area contributed by atoms with Crippen molar-refractivity contribution in [1.29, 1.82) is 0 Å². The van der Waals surface area contributed by atoms with Crippen molar-refractivity contribution in [1.82, 2.24) is 4.98 Å². The molecule has 4 heteroatoms. The van der Waals surface area contributed by atoms with Crippen LogP contribution in [0.5, 0.6) is 5.75 Å². The Bertz CT molecular complexity index is 1660. The van der Waals surface area contributed by atoms with Crippen LogP contribution in [0.25, 0.3) is 32.4 Å². The summed E-state index contributed by atoms with van der Waals surface area (Å²) in [6.07, 6.45) is 5.58. The molecule has 0 saturated carbocycles. The van der Waals surface area contributed by atoms with E-state index in [1.807, 2.05) is 30.5 Å². The largest absolute Gasteiger partial charge is 0.497 e. The molecule has 3 saturated heterocycles. The van der Waals surface area contributed by atoms with Crippen LogP contribution in [0.4, 0.5) is 0 Å². The first-order valence-corrected chi connectivity index (χ1v) is 14.1. The van der Waals surface area contributed by atoms with Crippen LogP contribution in [0.15, 0.2) is 97.7 Å². The molecule has 4 heterocycles. The predicted molar refractivity (Wildman–Crippen MR) is 159 cm³/mol. The number of hydrogen-bond acceptors (Lipinski definition) is 3. The summed E-state index contributed by atoms with van der Waals surface area (Å²) in [5.41, 5.74) is 3.23. The fourth-order valence-corrected chi connectivity index (χ4v) is 7.71. The molecule has 196 valence electrons. The smallest absolute Gasteiger partial charge is 0.131 e. The number of hydrogen-bond donors (Lipinski definition) is 1. The van der Waals surface area contributed by atoms with Crippen LogP contribution in [0.2, 0.25) is 0 Å². The van der Waals surface area contributed by atoms with Crippen molar-refractivity contribution in [3.05, 3.63) is 109 Å². The van der Waals surface area contributed by atoms with E-state index < -0.39 is 6.10 Å². The summed E-state index contributed by atoms with van der Waals surface area (Å²) < 4.78 is 6.41. The van der Waals surface area contributed by atoms with Crippen molar-refractivity contribution in [3.8, 4) is 5.75 Å². The molecule has 5 aromatic rings. The van der Waals surface area contributed by atoms with Gasteiger partial charge in [0, 0.05) is 35.9 Å². The number of ether oxygens (including phenoxy) is 1. The highest BCUT2D eigenvalue weighted by Gasteiger charge is 2.54. The molecule has 1 aromatic heterocycles. The minimum Gasteiger partial charge on any atom is -0.497 e. The lowest BCUT2D eigenvalue weighted by Gasteiger charge is -2.58. The standard InChI is InChI=1S/C35H35N2O2/c1-3-23-21-37(22-32-28-10-6-4-8-25(28)18-26-9-5-7-11-29(26)32)17-15-24(23)19-34(37)35(38)30-14-16-36-33-13-12-27(39-2)20-31(30)33/h3-14,16,18,20,23-24,34-35,38H,1,15,17,19,21-22H2,2H3/q+1/t23?,24?,34?,35-,37?/m1/s1. The second-order valence-electron chi connectivity index (χ2n) is 11.6. The second-order valence-corrected chi connectivity index (χ2v) is 11.6. The SMILES string of the molecule is C=CC1C[N+]2(Cc3c4ccccc4cc4ccccc34)CCC1CC2[C@H](O)c1ccnc2ccc(OC)cc12. The van der Waals surface area contributed by atoms with E-state index in [-0.39, 0.29) is 6.04 Å². The van der Waals surface area contributed by atoms with Gasteiger partial charge in [-0.2, -0.15) is 0 Å². The van der Waals surface area contributed by atoms with Gasteiger partial charge >= 0.3 is 0 Å². The first kappa shape index (κ1) is 24.3. The Morgan fingerprint density at radius 1 is 1.00 bits per heavy atom. The number of rotatable bonds is 6. The molecule has 1 N–H and O–H groups in total. The summed E-state index contributed by atoms with van der Waals surface area (Å²) >= 11 is 0. The maximum Gasteiger partial charge on any atom is 0.131 e. The average molecular weight is 516 g/mol. The van der Waals surface area contributed by atoms with Crippen LogP contribution in [0.1, 0.15) is 30.1 Å². The number of nitrogens with zero attached hydrogens (tertiary/aromatic N) is 2. The molecule has 3 aliphatic rings. The third-order valence-corrected chi connectivity index (χ3v) is 9.70. The van der Waals surface area contributed by atoms with Crippen molar-refractivity contribution in [2.24, 2.45) is 11.8 Å². The molecule has 4 aromatic carbocycles. The van der Waals surface area contributed by atoms with E-state index >= 15 is 0 Å². The predicted octanol–water partition coefficient (Wildman–Crippen LogP) is 7.19. The van der Waals surface area contributed by atoms with E-state index in [1.165, 1.54) is 33.5 Å². The van der Waals surface area contributed by atoms with Gasteiger partial charge in [0.15, 0.2) is 0 Å². The maximum absolute atomic E-state index is 12.2. The zero-order chi connectivity index (χ0) is 26.6. The molecule has 3 fully saturated rings. The lowest BCUT2D eigenvalue weighted by molar-refractivity contribution is -0.984.